The summed E-state index contributed by atoms with van der Waals surface area (Å²) < 4.78 is 0. The molecular weight excluding hydrogens is 172 g/mol. The number of hydrogen-bond acceptors (Lipinski definition) is 3. The van der Waals surface area contributed by atoms with Gasteiger partial charge in [-0.1, -0.05) is 6.92 Å². The van der Waals surface area contributed by atoms with Crippen LogP contribution in [-0.4, -0.2) is 42.4 Å². The van der Waals surface area contributed by atoms with Gasteiger partial charge in [0.25, 0.3) is 0 Å². The van der Waals surface area contributed by atoms with Gasteiger partial charge in [0.05, 0.1) is 0 Å². The van der Waals surface area contributed by atoms with Gasteiger partial charge < -0.3 is 10.6 Å². The predicted octanol–water partition coefficient (Wildman–Crippen LogP) is 0.547. The number of nitrogens with zero attached hydrogens (tertiary/aromatic N) is 1. The average molecular weight is 190 g/mol. The summed E-state index contributed by atoms with van der Waals surface area (Å²) in [7, 11) is 1.84. The maximum absolute atomic E-state index is 11.1. The van der Waals surface area contributed by atoms with E-state index >= 15 is 0 Å². The van der Waals surface area contributed by atoms with Crippen LogP contribution in [0.1, 0.15) is 13.3 Å². The topological polar surface area (TPSA) is 46.3 Å². The van der Waals surface area contributed by atoms with Gasteiger partial charge in [0.1, 0.15) is 0 Å². The first-order chi connectivity index (χ1) is 5.72. The van der Waals surface area contributed by atoms with E-state index in [1.165, 1.54) is 0 Å². The number of nitrogens with two attached hydrogens (primary N) is 1. The molecule has 4 heteroatoms. The molecule has 0 unspecified atom stereocenters. The fourth-order valence-corrected chi connectivity index (χ4v) is 1.56. The van der Waals surface area contributed by atoms with E-state index in [0.29, 0.717) is 6.42 Å². The quantitative estimate of drug-likeness (QED) is 0.622. The minimum absolute atomic E-state index is 0.211. The third-order valence-corrected chi connectivity index (χ3v) is 2.56. The maximum atomic E-state index is 11.1. The number of carbonyl (C=O) groups is 1. The zero-order valence-electron chi connectivity index (χ0n) is 7.88. The van der Waals surface area contributed by atoms with Crippen LogP contribution in [0, 0.1) is 0 Å². The van der Waals surface area contributed by atoms with Gasteiger partial charge >= 0.3 is 0 Å². The first-order valence-corrected chi connectivity index (χ1v) is 5.39. The van der Waals surface area contributed by atoms with Crippen LogP contribution in [0.3, 0.4) is 0 Å². The Labute approximate surface area is 78.7 Å². The Bertz CT molecular complexity index is 130. The van der Waals surface area contributed by atoms with E-state index in [9.17, 15) is 4.79 Å². The third-order valence-electron chi connectivity index (χ3n) is 1.56. The summed E-state index contributed by atoms with van der Waals surface area (Å²) in [5, 5.41) is 0. The van der Waals surface area contributed by atoms with Crippen LogP contribution in [-0.2, 0) is 4.79 Å². The Morgan fingerprint density at radius 2 is 2.17 bits per heavy atom. The number of amides is 1. The molecule has 0 bridgehead atoms. The highest BCUT2D eigenvalue weighted by Gasteiger charge is 2.03. The van der Waals surface area contributed by atoms with Crippen LogP contribution in [0.4, 0.5) is 0 Å². The molecule has 0 aromatic carbocycles. The number of thioether (sulfide) groups is 1. The van der Waals surface area contributed by atoms with Crippen molar-refractivity contribution in [2.45, 2.75) is 13.3 Å². The Hall–Kier alpha value is -0.220. The lowest BCUT2D eigenvalue weighted by molar-refractivity contribution is -0.129. The van der Waals surface area contributed by atoms with Crippen LogP contribution in [0.2, 0.25) is 0 Å². The van der Waals surface area contributed by atoms with E-state index in [2.05, 4.69) is 0 Å². The molecule has 3 nitrogen and oxygen atoms in total. The molecule has 0 aromatic heterocycles. The van der Waals surface area contributed by atoms with E-state index in [-0.39, 0.29) is 5.91 Å². The normalized spacial score (nSPS) is 9.92. The Morgan fingerprint density at radius 3 is 2.67 bits per heavy atom. The molecule has 0 spiro atoms. The van der Waals surface area contributed by atoms with Crippen molar-refractivity contribution in [3.63, 3.8) is 0 Å². The van der Waals surface area contributed by atoms with Crippen LogP contribution in [0.25, 0.3) is 0 Å². The van der Waals surface area contributed by atoms with E-state index in [1.54, 1.807) is 16.7 Å². The molecule has 72 valence electrons. The van der Waals surface area contributed by atoms with Crippen LogP contribution >= 0.6 is 11.8 Å². The summed E-state index contributed by atoms with van der Waals surface area (Å²) in [4.78, 5) is 12.8. The Morgan fingerprint density at radius 1 is 1.50 bits per heavy atom. The maximum Gasteiger partial charge on any atom is 0.222 e. The van der Waals surface area contributed by atoms with Crippen molar-refractivity contribution in [3.8, 4) is 0 Å². The standard InChI is InChI=1S/C8H18N2OS/c1-3-8(11)10(2)5-7-12-6-4-9/h3-7,9H2,1-2H3. The highest BCUT2D eigenvalue weighted by atomic mass is 32.2. The van der Waals surface area contributed by atoms with Gasteiger partial charge in [-0.2, -0.15) is 11.8 Å². The molecule has 0 radical (unpaired) electrons. The molecule has 2 N–H and O–H groups in total. The zero-order valence-corrected chi connectivity index (χ0v) is 8.69. The van der Waals surface area contributed by atoms with E-state index in [1.807, 2.05) is 14.0 Å². The summed E-state index contributed by atoms with van der Waals surface area (Å²) in [5.41, 5.74) is 5.33. The second kappa shape index (κ2) is 7.43. The molecule has 0 fully saturated rings. The molecule has 1 amide bonds. The highest BCUT2D eigenvalue weighted by molar-refractivity contribution is 7.99. The second-order valence-corrected chi connectivity index (χ2v) is 3.79. The van der Waals surface area contributed by atoms with Gasteiger partial charge in [-0.3, -0.25) is 4.79 Å². The SMILES string of the molecule is CCC(=O)N(C)CCSCCN. The van der Waals surface area contributed by atoms with Crippen LogP contribution < -0.4 is 5.73 Å². The summed E-state index contributed by atoms with van der Waals surface area (Å²) in [5.74, 6) is 2.18. The molecular formula is C8H18N2OS. The number of carbonyl (C=O) groups excluding carboxylic acids is 1. The molecule has 0 saturated heterocycles. The van der Waals surface area contributed by atoms with Crippen LogP contribution in [0.15, 0.2) is 0 Å². The van der Waals surface area contributed by atoms with Crippen molar-refractivity contribution in [2.75, 3.05) is 31.6 Å². The van der Waals surface area contributed by atoms with Gasteiger partial charge in [0, 0.05) is 38.1 Å². The monoisotopic (exact) mass is 190 g/mol. The van der Waals surface area contributed by atoms with Gasteiger partial charge in [-0.25, -0.2) is 0 Å². The zero-order chi connectivity index (χ0) is 9.40. The molecule has 0 saturated carbocycles. The largest absolute Gasteiger partial charge is 0.345 e. The summed E-state index contributed by atoms with van der Waals surface area (Å²) >= 11 is 1.79. The van der Waals surface area contributed by atoms with E-state index < -0.39 is 0 Å². The van der Waals surface area contributed by atoms with Gasteiger partial charge in [-0.15, -0.1) is 0 Å². The average Bonchev–Trinajstić information content (AvgIpc) is 2.10. The van der Waals surface area contributed by atoms with Crippen molar-refractivity contribution in [2.24, 2.45) is 5.73 Å². The molecule has 0 aliphatic carbocycles. The van der Waals surface area contributed by atoms with E-state index in [4.69, 9.17) is 5.73 Å². The number of rotatable bonds is 6. The molecule has 0 aliphatic heterocycles. The van der Waals surface area contributed by atoms with Crippen molar-refractivity contribution in [1.82, 2.24) is 4.90 Å². The van der Waals surface area contributed by atoms with Crippen molar-refractivity contribution >= 4 is 17.7 Å². The minimum atomic E-state index is 0.211. The third kappa shape index (κ3) is 5.43. The van der Waals surface area contributed by atoms with Crippen molar-refractivity contribution < 1.29 is 4.79 Å². The van der Waals surface area contributed by atoms with Crippen molar-refractivity contribution in [3.05, 3.63) is 0 Å². The lowest BCUT2D eigenvalue weighted by Crippen LogP contribution is -2.28. The summed E-state index contributed by atoms with van der Waals surface area (Å²) in [6.07, 6.45) is 0.595. The first kappa shape index (κ1) is 11.8. The molecule has 0 heterocycles. The van der Waals surface area contributed by atoms with Gasteiger partial charge in [0.15, 0.2) is 0 Å². The first-order valence-electron chi connectivity index (χ1n) is 4.24. The van der Waals surface area contributed by atoms with Crippen molar-refractivity contribution in [1.29, 1.82) is 0 Å². The molecule has 0 aliphatic rings. The fourth-order valence-electron chi connectivity index (χ4n) is 0.781. The second-order valence-electron chi connectivity index (χ2n) is 2.57. The lowest BCUT2D eigenvalue weighted by Gasteiger charge is -2.15. The van der Waals surface area contributed by atoms with E-state index in [0.717, 1.165) is 24.6 Å². The smallest absolute Gasteiger partial charge is 0.222 e. The Balaban J connectivity index is 3.31. The molecule has 0 aromatic rings. The summed E-state index contributed by atoms with van der Waals surface area (Å²) in [6, 6.07) is 0. The van der Waals surface area contributed by atoms with Crippen LogP contribution in [0.5, 0.6) is 0 Å². The molecule has 12 heavy (non-hydrogen) atoms. The molecule has 0 atom stereocenters. The molecule has 0 rings (SSSR count). The lowest BCUT2D eigenvalue weighted by atomic mass is 10.4. The fraction of sp³-hybridized carbons (Fsp3) is 0.875. The summed E-state index contributed by atoms with van der Waals surface area (Å²) in [6.45, 7) is 3.43. The highest BCUT2D eigenvalue weighted by Crippen LogP contribution is 1.99. The number of hydrogen-bond donors (Lipinski definition) is 1. The predicted molar refractivity (Wildman–Crippen MR) is 54.3 cm³/mol. The minimum Gasteiger partial charge on any atom is -0.345 e. The van der Waals surface area contributed by atoms with Gasteiger partial charge in [0.2, 0.25) is 5.91 Å². The van der Waals surface area contributed by atoms with Gasteiger partial charge in [-0.05, 0) is 0 Å². The Kier molecular flexibility index (Phi) is 7.29.